The molecule has 26 heavy (non-hydrogen) atoms. The summed E-state index contributed by atoms with van der Waals surface area (Å²) in [5, 5.41) is 8.24. The van der Waals surface area contributed by atoms with Gasteiger partial charge in [-0.2, -0.15) is 0 Å². The summed E-state index contributed by atoms with van der Waals surface area (Å²) in [7, 11) is 0. The molecule has 132 valence electrons. The van der Waals surface area contributed by atoms with Crippen molar-refractivity contribution in [2.75, 3.05) is 5.75 Å². The number of carbonyl (C=O) groups excluding carboxylic acids is 1. The van der Waals surface area contributed by atoms with Gasteiger partial charge in [0.2, 0.25) is 5.91 Å². The maximum Gasteiger partial charge on any atom is 0.234 e. The van der Waals surface area contributed by atoms with E-state index in [1.807, 2.05) is 47.5 Å². The van der Waals surface area contributed by atoms with Gasteiger partial charge in [0, 0.05) is 6.54 Å². The molecule has 2 heterocycles. The van der Waals surface area contributed by atoms with Crippen LogP contribution in [0, 0.1) is 5.82 Å². The molecule has 1 fully saturated rings. The van der Waals surface area contributed by atoms with E-state index in [4.69, 9.17) is 0 Å². The Morgan fingerprint density at radius 1 is 1.08 bits per heavy atom. The van der Waals surface area contributed by atoms with E-state index in [1.54, 1.807) is 22.5 Å². The molecule has 0 unspecified atom stereocenters. The van der Waals surface area contributed by atoms with E-state index in [0.29, 0.717) is 18.8 Å². The molecule has 1 saturated heterocycles. The van der Waals surface area contributed by atoms with Crippen LogP contribution < -0.4 is 0 Å². The number of amides is 1. The zero-order chi connectivity index (χ0) is 17.9. The third-order valence-electron chi connectivity index (χ3n) is 4.21. The van der Waals surface area contributed by atoms with E-state index >= 15 is 0 Å². The molecule has 0 N–H and O–H groups in total. The van der Waals surface area contributed by atoms with E-state index in [9.17, 15) is 9.18 Å². The lowest BCUT2D eigenvalue weighted by atomic mass is 10.2. The van der Waals surface area contributed by atoms with Crippen LogP contribution in [0.4, 0.5) is 4.39 Å². The largest absolute Gasteiger partial charge is 0.320 e. The van der Waals surface area contributed by atoms with Gasteiger partial charge in [-0.3, -0.25) is 4.79 Å². The van der Waals surface area contributed by atoms with Gasteiger partial charge in [0.15, 0.2) is 0 Å². The fraction of sp³-hybridized carbons (Fsp3) is 0.211. The molecular formula is C19H17FN4OS. The van der Waals surface area contributed by atoms with Crippen molar-refractivity contribution in [3.05, 3.63) is 83.4 Å². The summed E-state index contributed by atoms with van der Waals surface area (Å²) in [6, 6.07) is 16.3. The SMILES string of the molecule is O=C1CS[C@@H](c2cn(Cc3cccc(F)c3)nn2)N1Cc1ccccc1. The van der Waals surface area contributed by atoms with E-state index in [0.717, 1.165) is 16.8 Å². The number of aromatic nitrogens is 3. The van der Waals surface area contributed by atoms with E-state index in [1.165, 1.54) is 12.1 Å². The highest BCUT2D eigenvalue weighted by molar-refractivity contribution is 8.00. The van der Waals surface area contributed by atoms with Crippen molar-refractivity contribution >= 4 is 17.7 Å². The minimum atomic E-state index is -0.270. The van der Waals surface area contributed by atoms with Crippen LogP contribution in [0.3, 0.4) is 0 Å². The second kappa shape index (κ2) is 7.29. The number of benzene rings is 2. The molecule has 1 aliphatic rings. The third kappa shape index (κ3) is 3.62. The number of rotatable bonds is 5. The summed E-state index contributed by atoms with van der Waals surface area (Å²) in [4.78, 5) is 14.1. The predicted molar refractivity (Wildman–Crippen MR) is 97.7 cm³/mol. The average Bonchev–Trinajstić information content (AvgIpc) is 3.23. The molecule has 1 amide bonds. The van der Waals surface area contributed by atoms with Crippen molar-refractivity contribution < 1.29 is 9.18 Å². The first-order valence-electron chi connectivity index (χ1n) is 8.28. The Hall–Kier alpha value is -2.67. The van der Waals surface area contributed by atoms with Crippen LogP contribution in [-0.4, -0.2) is 31.6 Å². The molecule has 0 aliphatic carbocycles. The third-order valence-corrected chi connectivity index (χ3v) is 5.43. The Labute approximate surface area is 154 Å². The van der Waals surface area contributed by atoms with Gasteiger partial charge in [-0.15, -0.1) is 16.9 Å². The first-order chi connectivity index (χ1) is 12.7. The normalized spacial score (nSPS) is 17.0. The van der Waals surface area contributed by atoms with Crippen molar-refractivity contribution in [3.63, 3.8) is 0 Å². The first kappa shape index (κ1) is 16.8. The van der Waals surface area contributed by atoms with Crippen LogP contribution in [0.2, 0.25) is 0 Å². The van der Waals surface area contributed by atoms with E-state index in [2.05, 4.69) is 10.3 Å². The van der Waals surface area contributed by atoms with Gasteiger partial charge < -0.3 is 4.90 Å². The molecule has 4 rings (SSSR count). The van der Waals surface area contributed by atoms with Crippen LogP contribution in [0.25, 0.3) is 0 Å². The van der Waals surface area contributed by atoms with Gasteiger partial charge in [-0.1, -0.05) is 47.7 Å². The minimum Gasteiger partial charge on any atom is -0.320 e. The predicted octanol–water partition coefficient (Wildman–Crippen LogP) is 3.24. The average molecular weight is 368 g/mol. The molecule has 0 saturated carbocycles. The molecule has 1 aromatic heterocycles. The second-order valence-corrected chi connectivity index (χ2v) is 7.21. The van der Waals surface area contributed by atoms with E-state index < -0.39 is 0 Å². The Balaban J connectivity index is 1.51. The number of thioether (sulfide) groups is 1. The fourth-order valence-electron chi connectivity index (χ4n) is 2.98. The summed E-state index contributed by atoms with van der Waals surface area (Å²) in [5.41, 5.74) is 2.64. The molecule has 7 heteroatoms. The van der Waals surface area contributed by atoms with Gasteiger partial charge in [0.05, 0.1) is 18.5 Å². The maximum atomic E-state index is 13.3. The van der Waals surface area contributed by atoms with Crippen molar-refractivity contribution in [3.8, 4) is 0 Å². The number of halogens is 1. The number of hydrogen-bond donors (Lipinski definition) is 0. The Kier molecular flexibility index (Phi) is 4.71. The van der Waals surface area contributed by atoms with Crippen LogP contribution in [-0.2, 0) is 17.9 Å². The minimum absolute atomic E-state index is 0.100. The molecule has 1 atom stereocenters. The van der Waals surface area contributed by atoms with Crippen molar-refractivity contribution in [2.24, 2.45) is 0 Å². The van der Waals surface area contributed by atoms with Crippen LogP contribution in [0.1, 0.15) is 22.2 Å². The van der Waals surface area contributed by atoms with Crippen molar-refractivity contribution in [1.82, 2.24) is 19.9 Å². The Bertz CT molecular complexity index is 915. The lowest BCUT2D eigenvalue weighted by molar-refractivity contribution is -0.128. The standard InChI is InChI=1S/C19H17FN4OS/c20-16-8-4-7-15(9-16)10-23-12-17(21-22-23)19-24(18(25)13-26-19)11-14-5-2-1-3-6-14/h1-9,12,19H,10-11,13H2/t19-/m0/s1. The van der Waals surface area contributed by atoms with Crippen LogP contribution in [0.5, 0.6) is 0 Å². The quantitative estimate of drug-likeness (QED) is 0.694. The molecular weight excluding hydrogens is 351 g/mol. The first-order valence-corrected chi connectivity index (χ1v) is 9.33. The van der Waals surface area contributed by atoms with Gasteiger partial charge >= 0.3 is 0 Å². The highest BCUT2D eigenvalue weighted by Gasteiger charge is 2.34. The summed E-state index contributed by atoms with van der Waals surface area (Å²) < 4.78 is 15.0. The number of nitrogens with zero attached hydrogens (tertiary/aromatic N) is 4. The zero-order valence-electron chi connectivity index (χ0n) is 14.0. The number of carbonyl (C=O) groups is 1. The number of hydrogen-bond acceptors (Lipinski definition) is 4. The van der Waals surface area contributed by atoms with Crippen LogP contribution in [0.15, 0.2) is 60.8 Å². The molecule has 0 spiro atoms. The zero-order valence-corrected chi connectivity index (χ0v) is 14.8. The lowest BCUT2D eigenvalue weighted by Gasteiger charge is -2.22. The van der Waals surface area contributed by atoms with Gasteiger partial charge in [0.1, 0.15) is 16.9 Å². The monoisotopic (exact) mass is 368 g/mol. The van der Waals surface area contributed by atoms with Crippen molar-refractivity contribution in [1.29, 1.82) is 0 Å². The lowest BCUT2D eigenvalue weighted by Crippen LogP contribution is -2.27. The van der Waals surface area contributed by atoms with Gasteiger partial charge in [0.25, 0.3) is 0 Å². The van der Waals surface area contributed by atoms with Crippen LogP contribution >= 0.6 is 11.8 Å². The fourth-order valence-corrected chi connectivity index (χ4v) is 4.09. The molecule has 0 radical (unpaired) electrons. The van der Waals surface area contributed by atoms with Crippen molar-refractivity contribution in [2.45, 2.75) is 18.5 Å². The molecule has 0 bridgehead atoms. The summed E-state index contributed by atoms with van der Waals surface area (Å²) in [6.07, 6.45) is 1.83. The Morgan fingerprint density at radius 3 is 2.69 bits per heavy atom. The highest BCUT2D eigenvalue weighted by Crippen LogP contribution is 2.38. The molecule has 1 aliphatic heterocycles. The van der Waals surface area contributed by atoms with E-state index in [-0.39, 0.29) is 17.1 Å². The topological polar surface area (TPSA) is 51.0 Å². The Morgan fingerprint density at radius 2 is 1.88 bits per heavy atom. The van der Waals surface area contributed by atoms with Gasteiger partial charge in [-0.05, 0) is 23.3 Å². The molecule has 2 aromatic carbocycles. The summed E-state index contributed by atoms with van der Waals surface area (Å²) >= 11 is 1.55. The molecule has 3 aromatic rings. The summed E-state index contributed by atoms with van der Waals surface area (Å²) in [5.74, 6) is 0.270. The second-order valence-electron chi connectivity index (χ2n) is 6.14. The van der Waals surface area contributed by atoms with Gasteiger partial charge in [-0.25, -0.2) is 9.07 Å². The smallest absolute Gasteiger partial charge is 0.234 e. The summed E-state index contributed by atoms with van der Waals surface area (Å²) in [6.45, 7) is 0.989. The highest BCUT2D eigenvalue weighted by atomic mass is 32.2. The molecule has 5 nitrogen and oxygen atoms in total. The maximum absolute atomic E-state index is 13.3.